The molecule has 2 aromatic carbocycles. The lowest BCUT2D eigenvalue weighted by Gasteiger charge is -2.48. The zero-order valence-corrected chi connectivity index (χ0v) is 20.8. The van der Waals surface area contributed by atoms with Crippen molar-refractivity contribution in [1.82, 2.24) is 5.32 Å². The molecule has 36 heavy (non-hydrogen) atoms. The number of amides is 1. The molecule has 5 rings (SSSR count). The van der Waals surface area contributed by atoms with Gasteiger partial charge in [-0.1, -0.05) is 55.8 Å². The topological polar surface area (TPSA) is 113 Å². The number of hydrogen-bond donors (Lipinski definition) is 2. The van der Waals surface area contributed by atoms with Gasteiger partial charge in [0.05, 0.1) is 12.7 Å². The van der Waals surface area contributed by atoms with E-state index < -0.39 is 46.0 Å². The van der Waals surface area contributed by atoms with Crippen molar-refractivity contribution in [2.75, 3.05) is 12.0 Å². The fourth-order valence-corrected chi connectivity index (χ4v) is 6.02. The van der Waals surface area contributed by atoms with E-state index in [0.29, 0.717) is 5.02 Å². The Hall–Kier alpha value is -3.49. The van der Waals surface area contributed by atoms with E-state index in [4.69, 9.17) is 16.3 Å². The molecule has 0 saturated carbocycles. The summed E-state index contributed by atoms with van der Waals surface area (Å²) in [5, 5.41) is 15.2. The van der Waals surface area contributed by atoms with Crippen LogP contribution in [-0.2, 0) is 19.1 Å². The van der Waals surface area contributed by atoms with Crippen LogP contribution in [0.5, 0.6) is 0 Å². The summed E-state index contributed by atoms with van der Waals surface area (Å²) in [7, 11) is 1.13. The Kier molecular flexibility index (Phi) is 5.39. The van der Waals surface area contributed by atoms with Crippen molar-refractivity contribution in [3.8, 4) is 0 Å². The number of esters is 1. The van der Waals surface area contributed by atoms with Crippen LogP contribution < -0.4 is 10.2 Å². The second-order valence-electron chi connectivity index (χ2n) is 10.2. The van der Waals surface area contributed by atoms with Crippen molar-refractivity contribution in [3.05, 3.63) is 76.5 Å². The summed E-state index contributed by atoms with van der Waals surface area (Å²) in [6, 6.07) is 14.1. The molecular formula is C27H25ClN2O6. The molecule has 2 aliphatic heterocycles. The number of nitrogens with one attached hydrogen (secondary N) is 1. The van der Waals surface area contributed by atoms with E-state index in [1.165, 1.54) is 36.4 Å². The summed E-state index contributed by atoms with van der Waals surface area (Å²) in [4.78, 5) is 56.7. The highest BCUT2D eigenvalue weighted by Gasteiger charge is 2.78. The zero-order valence-electron chi connectivity index (χ0n) is 20.0. The number of allylic oxidation sites excluding steroid dienone is 1. The maximum Gasteiger partial charge on any atom is 0.338 e. The van der Waals surface area contributed by atoms with Gasteiger partial charge in [0, 0.05) is 28.4 Å². The van der Waals surface area contributed by atoms with Gasteiger partial charge in [-0.2, -0.15) is 0 Å². The average Bonchev–Trinajstić information content (AvgIpc) is 2.97. The van der Waals surface area contributed by atoms with Crippen LogP contribution in [-0.4, -0.2) is 46.9 Å². The van der Waals surface area contributed by atoms with Gasteiger partial charge in [-0.05, 0) is 36.1 Å². The smallest absolute Gasteiger partial charge is 0.338 e. The Morgan fingerprint density at radius 1 is 1.06 bits per heavy atom. The molecule has 1 saturated heterocycles. The summed E-state index contributed by atoms with van der Waals surface area (Å²) in [5.74, 6) is -4.71. The molecule has 3 aliphatic rings. The Balaban J connectivity index is 1.88. The van der Waals surface area contributed by atoms with Crippen LogP contribution >= 0.6 is 11.6 Å². The van der Waals surface area contributed by atoms with Gasteiger partial charge < -0.3 is 15.2 Å². The standard InChI is InChI=1S/C27H25ClN2O6/c1-25(2)13-18-20(19(31)14-25)26(24(34)36-3)22(21(32)15-7-5-4-6-8-15)27(35,29-18)23(33)30(26)17-11-9-16(28)10-12-17/h4-12,22,29,35H,13-14H2,1-3H3. The lowest BCUT2D eigenvalue weighted by atomic mass is 9.62. The second-order valence-corrected chi connectivity index (χ2v) is 10.7. The molecule has 2 heterocycles. The third-order valence-electron chi connectivity index (χ3n) is 7.22. The minimum Gasteiger partial charge on any atom is -0.467 e. The molecule has 1 amide bonds. The van der Waals surface area contributed by atoms with Crippen LogP contribution in [0.25, 0.3) is 0 Å². The first-order valence-electron chi connectivity index (χ1n) is 11.5. The number of aliphatic hydroxyl groups is 1. The lowest BCUT2D eigenvalue weighted by Crippen LogP contribution is -2.68. The van der Waals surface area contributed by atoms with Gasteiger partial charge in [0.2, 0.25) is 5.72 Å². The van der Waals surface area contributed by atoms with Crippen LogP contribution in [0.3, 0.4) is 0 Å². The summed E-state index contributed by atoms with van der Waals surface area (Å²) in [6.07, 6.45) is 0.364. The first-order chi connectivity index (χ1) is 17.0. The monoisotopic (exact) mass is 508 g/mol. The fraction of sp³-hybridized carbons (Fsp3) is 0.333. The van der Waals surface area contributed by atoms with Gasteiger partial charge in [0.25, 0.3) is 5.91 Å². The number of fused-ring (bicyclic) bond motifs is 3. The number of rotatable bonds is 4. The number of hydrogen-bond acceptors (Lipinski definition) is 7. The van der Waals surface area contributed by atoms with Crippen molar-refractivity contribution in [1.29, 1.82) is 0 Å². The summed E-state index contributed by atoms with van der Waals surface area (Å²) < 4.78 is 5.21. The molecule has 0 radical (unpaired) electrons. The molecule has 1 fully saturated rings. The van der Waals surface area contributed by atoms with E-state index in [1.54, 1.807) is 18.2 Å². The molecule has 9 heteroatoms. The number of methoxy groups -OCH3 is 1. The van der Waals surface area contributed by atoms with Crippen molar-refractivity contribution in [3.63, 3.8) is 0 Å². The van der Waals surface area contributed by atoms with E-state index in [0.717, 1.165) is 12.0 Å². The highest BCUT2D eigenvalue weighted by Crippen LogP contribution is 2.57. The number of anilines is 1. The minimum absolute atomic E-state index is 0.0339. The molecule has 2 bridgehead atoms. The highest BCUT2D eigenvalue weighted by atomic mass is 35.5. The lowest BCUT2D eigenvalue weighted by molar-refractivity contribution is -0.151. The zero-order chi connectivity index (χ0) is 26.0. The molecule has 2 aromatic rings. The number of carbonyl (C=O) groups is 4. The fourth-order valence-electron chi connectivity index (χ4n) is 5.89. The summed E-state index contributed by atoms with van der Waals surface area (Å²) >= 11 is 6.07. The number of ketones is 2. The van der Waals surface area contributed by atoms with Crippen LogP contribution in [0.15, 0.2) is 65.9 Å². The minimum atomic E-state index is -2.51. The van der Waals surface area contributed by atoms with Crippen molar-refractivity contribution < 1.29 is 29.0 Å². The van der Waals surface area contributed by atoms with Gasteiger partial charge >= 0.3 is 5.97 Å². The molecule has 186 valence electrons. The molecular weight excluding hydrogens is 484 g/mol. The first-order valence-corrected chi connectivity index (χ1v) is 11.9. The van der Waals surface area contributed by atoms with Gasteiger partial charge in [0.1, 0.15) is 5.92 Å². The summed E-state index contributed by atoms with van der Waals surface area (Å²) in [5.41, 5.74) is -4.65. The SMILES string of the molecule is COC(=O)C12C3=C(CC(C)(C)CC3=O)NC(O)(C(=O)N1c1ccc(Cl)cc1)C2C(=O)c1ccccc1. The largest absolute Gasteiger partial charge is 0.467 e. The van der Waals surface area contributed by atoms with Gasteiger partial charge in [-0.15, -0.1) is 0 Å². The molecule has 0 spiro atoms. The number of halogens is 1. The molecule has 0 aromatic heterocycles. The van der Waals surface area contributed by atoms with Crippen molar-refractivity contribution >= 4 is 40.7 Å². The predicted octanol–water partition coefficient (Wildman–Crippen LogP) is 3.03. The van der Waals surface area contributed by atoms with Gasteiger partial charge in [0.15, 0.2) is 17.1 Å². The molecule has 2 N–H and O–H groups in total. The van der Waals surface area contributed by atoms with Gasteiger partial charge in [-0.3, -0.25) is 19.3 Å². The van der Waals surface area contributed by atoms with Crippen LogP contribution in [0.4, 0.5) is 5.69 Å². The van der Waals surface area contributed by atoms with E-state index in [-0.39, 0.29) is 35.4 Å². The predicted molar refractivity (Wildman–Crippen MR) is 131 cm³/mol. The van der Waals surface area contributed by atoms with E-state index >= 15 is 0 Å². The molecule has 3 atom stereocenters. The Morgan fingerprint density at radius 3 is 2.31 bits per heavy atom. The van der Waals surface area contributed by atoms with Crippen LogP contribution in [0.2, 0.25) is 5.02 Å². The average molecular weight is 509 g/mol. The van der Waals surface area contributed by atoms with Crippen LogP contribution in [0.1, 0.15) is 37.0 Å². The number of benzene rings is 2. The van der Waals surface area contributed by atoms with Gasteiger partial charge in [-0.25, -0.2) is 4.79 Å². The third kappa shape index (κ3) is 3.17. The number of Topliss-reactive ketones (excluding diaryl/α,β-unsaturated/α-hetero) is 2. The quantitative estimate of drug-likeness (QED) is 0.482. The number of carbonyl (C=O) groups excluding carboxylic acids is 4. The maximum absolute atomic E-state index is 14.1. The van der Waals surface area contributed by atoms with Crippen molar-refractivity contribution in [2.45, 2.75) is 38.0 Å². The number of nitrogens with zero attached hydrogens (tertiary/aromatic N) is 1. The maximum atomic E-state index is 14.1. The molecule has 1 aliphatic carbocycles. The molecule has 3 unspecified atom stereocenters. The number of ether oxygens (including phenoxy) is 1. The summed E-state index contributed by atoms with van der Waals surface area (Å²) in [6.45, 7) is 3.76. The van der Waals surface area contributed by atoms with E-state index in [2.05, 4.69) is 5.32 Å². The van der Waals surface area contributed by atoms with E-state index in [1.807, 2.05) is 13.8 Å². The first kappa shape index (κ1) is 24.2. The van der Waals surface area contributed by atoms with Crippen molar-refractivity contribution in [2.24, 2.45) is 11.3 Å². The third-order valence-corrected chi connectivity index (χ3v) is 7.47. The molecule has 8 nitrogen and oxygen atoms in total. The second kappa shape index (κ2) is 8.01. The Morgan fingerprint density at radius 2 is 1.69 bits per heavy atom. The normalized spacial score (nSPS) is 28.5. The van der Waals surface area contributed by atoms with E-state index in [9.17, 15) is 24.3 Å². The highest BCUT2D eigenvalue weighted by molar-refractivity contribution is 6.30. The Bertz CT molecular complexity index is 1340. The Labute approximate surface area is 212 Å². The van der Waals surface area contributed by atoms with Crippen LogP contribution in [0, 0.1) is 11.3 Å².